The van der Waals surface area contributed by atoms with Gasteiger partial charge >= 0.3 is 0 Å². The molecule has 0 N–H and O–H groups in total. The summed E-state index contributed by atoms with van der Waals surface area (Å²) >= 11 is 0. The van der Waals surface area contributed by atoms with Crippen molar-refractivity contribution in [2.45, 2.75) is 5.41 Å². The van der Waals surface area contributed by atoms with Crippen LogP contribution in [0.5, 0.6) is 0 Å². The van der Waals surface area contributed by atoms with Crippen molar-refractivity contribution in [2.24, 2.45) is 0 Å². The lowest BCUT2D eigenvalue weighted by Gasteiger charge is -2.33. The molecule has 1 nitrogen and oxygen atoms in total. The molecule has 0 radical (unpaired) electrons. The predicted octanol–water partition coefficient (Wildman–Crippen LogP) is 5.44. The van der Waals surface area contributed by atoms with E-state index in [1.165, 1.54) is 27.8 Å². The van der Waals surface area contributed by atoms with Gasteiger partial charge in [0.05, 0.1) is 11.1 Å². The maximum absolute atomic E-state index is 4.75. The molecule has 1 aliphatic rings. The van der Waals surface area contributed by atoms with E-state index in [-0.39, 0.29) is 5.41 Å². The van der Waals surface area contributed by atoms with Crippen molar-refractivity contribution in [3.05, 3.63) is 126 Å². The van der Waals surface area contributed by atoms with Gasteiger partial charge in [-0.05, 0) is 28.3 Å². The Balaban J connectivity index is 1.98. The van der Waals surface area contributed by atoms with Crippen molar-refractivity contribution >= 4 is 0 Å². The van der Waals surface area contributed by atoms with Gasteiger partial charge < -0.3 is 0 Å². The van der Waals surface area contributed by atoms with Crippen LogP contribution in [-0.4, -0.2) is 4.98 Å². The van der Waals surface area contributed by atoms with Gasteiger partial charge in [-0.1, -0.05) is 91.0 Å². The minimum Gasteiger partial charge on any atom is -0.256 e. The van der Waals surface area contributed by atoms with Gasteiger partial charge in [-0.25, -0.2) is 0 Å². The fraction of sp³-hybridized carbons (Fsp3) is 0.0417. The monoisotopic (exact) mass is 319 g/mol. The van der Waals surface area contributed by atoms with Gasteiger partial charge in [0.25, 0.3) is 0 Å². The van der Waals surface area contributed by atoms with Crippen molar-refractivity contribution in [1.29, 1.82) is 0 Å². The third kappa shape index (κ3) is 1.87. The molecule has 118 valence electrons. The summed E-state index contributed by atoms with van der Waals surface area (Å²) in [5.74, 6) is 0. The number of hydrogen-bond donors (Lipinski definition) is 0. The van der Waals surface area contributed by atoms with E-state index in [9.17, 15) is 0 Å². The molecular formula is C24H17N. The molecule has 1 aromatic heterocycles. The molecule has 0 bridgehead atoms. The highest BCUT2D eigenvalue weighted by molar-refractivity contribution is 5.83. The lowest BCUT2D eigenvalue weighted by Crippen LogP contribution is -2.28. The Hall–Kier alpha value is -3.19. The zero-order valence-electron chi connectivity index (χ0n) is 13.8. The van der Waals surface area contributed by atoms with Crippen LogP contribution in [0.25, 0.3) is 11.3 Å². The second-order valence-electron chi connectivity index (χ2n) is 6.43. The van der Waals surface area contributed by atoms with E-state index in [0.29, 0.717) is 0 Å². The zero-order valence-corrected chi connectivity index (χ0v) is 13.8. The topological polar surface area (TPSA) is 12.9 Å². The van der Waals surface area contributed by atoms with Crippen LogP contribution >= 0.6 is 0 Å². The summed E-state index contributed by atoms with van der Waals surface area (Å²) in [5.41, 5.74) is 7.12. The summed E-state index contributed by atoms with van der Waals surface area (Å²) in [7, 11) is 0. The minimum atomic E-state index is -0.317. The number of fused-ring (bicyclic) bond motifs is 3. The molecular weight excluding hydrogens is 302 g/mol. The molecule has 0 spiro atoms. The van der Waals surface area contributed by atoms with Crippen molar-refractivity contribution in [3.8, 4) is 11.3 Å². The van der Waals surface area contributed by atoms with Gasteiger partial charge in [-0.2, -0.15) is 0 Å². The summed E-state index contributed by atoms with van der Waals surface area (Å²) in [4.78, 5) is 4.75. The Morgan fingerprint density at radius 3 is 1.76 bits per heavy atom. The lowest BCUT2D eigenvalue weighted by atomic mass is 9.68. The summed E-state index contributed by atoms with van der Waals surface area (Å²) < 4.78 is 0. The standard InChI is InChI=1S/C24H17N/c1-3-10-18(11-4-1)24(19-12-5-2-6-13-19)21-15-8-7-14-20(21)23-22(24)16-9-17-25-23/h1-17H. The summed E-state index contributed by atoms with van der Waals surface area (Å²) in [6.07, 6.45) is 1.89. The highest BCUT2D eigenvalue weighted by atomic mass is 14.7. The maximum Gasteiger partial charge on any atom is 0.0753 e. The van der Waals surface area contributed by atoms with Crippen molar-refractivity contribution in [2.75, 3.05) is 0 Å². The number of nitrogens with zero attached hydrogens (tertiary/aromatic N) is 1. The smallest absolute Gasteiger partial charge is 0.0753 e. The molecule has 1 heteroatoms. The van der Waals surface area contributed by atoms with E-state index in [1.807, 2.05) is 12.3 Å². The molecule has 4 aromatic rings. The van der Waals surface area contributed by atoms with Crippen molar-refractivity contribution in [3.63, 3.8) is 0 Å². The van der Waals surface area contributed by atoms with Gasteiger partial charge in [0, 0.05) is 11.8 Å². The fourth-order valence-corrected chi connectivity index (χ4v) is 4.25. The number of hydrogen-bond acceptors (Lipinski definition) is 1. The van der Waals surface area contributed by atoms with Crippen LogP contribution in [-0.2, 0) is 5.41 Å². The summed E-state index contributed by atoms with van der Waals surface area (Å²) in [6, 6.07) is 34.5. The highest BCUT2D eigenvalue weighted by Crippen LogP contribution is 2.54. The Labute approximate surface area is 147 Å². The molecule has 0 aliphatic heterocycles. The Kier molecular flexibility index (Phi) is 3.07. The number of rotatable bonds is 2. The van der Waals surface area contributed by atoms with Crippen LogP contribution in [0.3, 0.4) is 0 Å². The summed E-state index contributed by atoms with van der Waals surface area (Å²) in [6.45, 7) is 0. The molecule has 0 fully saturated rings. The van der Waals surface area contributed by atoms with E-state index in [1.54, 1.807) is 0 Å². The normalized spacial score (nSPS) is 13.9. The molecule has 25 heavy (non-hydrogen) atoms. The van der Waals surface area contributed by atoms with Gasteiger partial charge in [-0.3, -0.25) is 4.98 Å². The van der Waals surface area contributed by atoms with Crippen LogP contribution in [0.1, 0.15) is 22.3 Å². The fourth-order valence-electron chi connectivity index (χ4n) is 4.25. The zero-order chi connectivity index (χ0) is 16.7. The van der Waals surface area contributed by atoms with Crippen molar-refractivity contribution in [1.82, 2.24) is 4.98 Å². The quantitative estimate of drug-likeness (QED) is 0.422. The third-order valence-corrected chi connectivity index (χ3v) is 5.21. The maximum atomic E-state index is 4.75. The Morgan fingerprint density at radius 1 is 0.520 bits per heavy atom. The molecule has 0 atom stereocenters. The summed E-state index contributed by atoms with van der Waals surface area (Å²) in [5, 5.41) is 0. The molecule has 1 aliphatic carbocycles. The van der Waals surface area contributed by atoms with Crippen LogP contribution < -0.4 is 0 Å². The van der Waals surface area contributed by atoms with E-state index in [2.05, 4.69) is 91.0 Å². The molecule has 5 rings (SSSR count). The SMILES string of the molecule is c1ccc(C2(c3ccccc3)c3ccccc3-c3ncccc32)cc1. The second kappa shape index (κ2) is 5.42. The van der Waals surface area contributed by atoms with E-state index in [0.717, 1.165) is 5.69 Å². The average molecular weight is 319 g/mol. The number of benzene rings is 3. The number of pyridine rings is 1. The molecule has 1 heterocycles. The van der Waals surface area contributed by atoms with Crippen LogP contribution in [0.4, 0.5) is 0 Å². The average Bonchev–Trinajstić information content (AvgIpc) is 3.01. The van der Waals surface area contributed by atoms with Crippen LogP contribution in [0, 0.1) is 0 Å². The molecule has 0 unspecified atom stereocenters. The van der Waals surface area contributed by atoms with Gasteiger partial charge in [0.2, 0.25) is 0 Å². The lowest BCUT2D eigenvalue weighted by molar-refractivity contribution is 0.766. The van der Waals surface area contributed by atoms with Gasteiger partial charge in [0.15, 0.2) is 0 Å². The molecule has 0 saturated carbocycles. The third-order valence-electron chi connectivity index (χ3n) is 5.21. The first-order valence-electron chi connectivity index (χ1n) is 8.59. The van der Waals surface area contributed by atoms with E-state index >= 15 is 0 Å². The van der Waals surface area contributed by atoms with Gasteiger partial charge in [-0.15, -0.1) is 0 Å². The molecule has 0 amide bonds. The Bertz CT molecular complexity index is 949. The second-order valence-corrected chi connectivity index (χ2v) is 6.43. The first-order valence-corrected chi connectivity index (χ1v) is 8.59. The number of aromatic nitrogens is 1. The van der Waals surface area contributed by atoms with E-state index in [4.69, 9.17) is 4.98 Å². The van der Waals surface area contributed by atoms with Crippen LogP contribution in [0.2, 0.25) is 0 Å². The highest BCUT2D eigenvalue weighted by Gasteiger charge is 2.46. The first-order chi connectivity index (χ1) is 12.4. The molecule has 0 saturated heterocycles. The predicted molar refractivity (Wildman–Crippen MR) is 102 cm³/mol. The minimum absolute atomic E-state index is 0.317. The van der Waals surface area contributed by atoms with Gasteiger partial charge in [0.1, 0.15) is 0 Å². The Morgan fingerprint density at radius 2 is 1.08 bits per heavy atom. The van der Waals surface area contributed by atoms with Crippen LogP contribution in [0.15, 0.2) is 103 Å². The van der Waals surface area contributed by atoms with E-state index < -0.39 is 0 Å². The van der Waals surface area contributed by atoms with Crippen molar-refractivity contribution < 1.29 is 0 Å². The first kappa shape index (κ1) is 14.2. The molecule has 3 aromatic carbocycles. The largest absolute Gasteiger partial charge is 0.256 e.